The summed E-state index contributed by atoms with van der Waals surface area (Å²) in [6, 6.07) is 2.86. The number of nitrogens with one attached hydrogen (secondary N) is 2. The number of aromatic hydroxyl groups is 1. The number of amides is 1. The van der Waals surface area contributed by atoms with E-state index >= 15 is 0 Å². The lowest BCUT2D eigenvalue weighted by Crippen LogP contribution is -2.50. The topological polar surface area (TPSA) is 118 Å². The molecule has 0 saturated heterocycles. The molecule has 186 valence electrons. The Labute approximate surface area is 195 Å². The smallest absolute Gasteiger partial charge is 0.507 e. The number of ether oxygens (including phenoxy) is 2. The fourth-order valence-corrected chi connectivity index (χ4v) is 3.72. The molecule has 3 N–H and O–H groups in total. The number of anilines is 1. The van der Waals surface area contributed by atoms with E-state index in [-0.39, 0.29) is 29.3 Å². The Morgan fingerprint density at radius 1 is 1.12 bits per heavy atom. The molecule has 1 aromatic carbocycles. The monoisotopic (exact) mass is 483 g/mol. The summed E-state index contributed by atoms with van der Waals surface area (Å²) in [7, 11) is 0. The number of aryl methyl sites for hydroxylation is 1. The zero-order valence-electron chi connectivity index (χ0n) is 19.4. The second kappa shape index (κ2) is 9.90. The van der Waals surface area contributed by atoms with Crippen molar-refractivity contribution in [3.05, 3.63) is 23.9 Å². The van der Waals surface area contributed by atoms with E-state index in [1.165, 1.54) is 6.07 Å². The minimum atomic E-state index is -4.87. The number of carbonyl (C=O) groups is 1. The molecule has 2 aromatic rings. The molecule has 1 amide bonds. The van der Waals surface area contributed by atoms with Gasteiger partial charge in [0, 0.05) is 17.7 Å². The lowest BCUT2D eigenvalue weighted by molar-refractivity contribution is -0.274. The predicted molar refractivity (Wildman–Crippen MR) is 117 cm³/mol. The van der Waals surface area contributed by atoms with Gasteiger partial charge in [0.05, 0.1) is 11.7 Å². The summed E-state index contributed by atoms with van der Waals surface area (Å²) in [6.45, 7) is 7.02. The van der Waals surface area contributed by atoms with Crippen LogP contribution in [0.4, 0.5) is 23.9 Å². The molecule has 9 nitrogen and oxygen atoms in total. The summed E-state index contributed by atoms with van der Waals surface area (Å²) in [5, 5.41) is 24.5. The summed E-state index contributed by atoms with van der Waals surface area (Å²) < 4.78 is 46.3. The summed E-state index contributed by atoms with van der Waals surface area (Å²) in [6.07, 6.45) is -1.88. The van der Waals surface area contributed by atoms with Crippen LogP contribution in [0.3, 0.4) is 0 Å². The Morgan fingerprint density at radius 3 is 2.38 bits per heavy atom. The number of phenols is 1. The molecular formula is C22H28F3N5O4. The molecule has 2 atom stereocenters. The van der Waals surface area contributed by atoms with E-state index < -0.39 is 29.6 Å². The van der Waals surface area contributed by atoms with Crippen molar-refractivity contribution in [3.63, 3.8) is 0 Å². The number of hydrogen-bond donors (Lipinski definition) is 3. The molecule has 0 unspecified atom stereocenters. The van der Waals surface area contributed by atoms with Gasteiger partial charge in [0.1, 0.15) is 22.8 Å². The Balaban J connectivity index is 1.72. The lowest BCUT2D eigenvalue weighted by atomic mass is 9.90. The predicted octanol–water partition coefficient (Wildman–Crippen LogP) is 4.70. The van der Waals surface area contributed by atoms with Gasteiger partial charge in [-0.05, 0) is 52.7 Å². The number of benzene rings is 1. The van der Waals surface area contributed by atoms with Crippen LogP contribution >= 0.6 is 0 Å². The van der Waals surface area contributed by atoms with E-state index in [0.29, 0.717) is 5.69 Å². The van der Waals surface area contributed by atoms with Crippen molar-refractivity contribution in [2.45, 2.75) is 77.4 Å². The van der Waals surface area contributed by atoms with Crippen LogP contribution in [-0.2, 0) is 4.74 Å². The molecule has 34 heavy (non-hydrogen) atoms. The van der Waals surface area contributed by atoms with Gasteiger partial charge in [0.2, 0.25) is 5.95 Å². The molecule has 1 fully saturated rings. The minimum Gasteiger partial charge on any atom is -0.507 e. The summed E-state index contributed by atoms with van der Waals surface area (Å²) in [5.74, 6) is -0.761. The molecule has 3 rings (SSSR count). The van der Waals surface area contributed by atoms with Gasteiger partial charge in [0.25, 0.3) is 0 Å². The van der Waals surface area contributed by atoms with Crippen molar-refractivity contribution in [1.82, 2.24) is 20.5 Å². The van der Waals surface area contributed by atoms with E-state index in [1.807, 2.05) is 0 Å². The number of hydrogen-bond acceptors (Lipinski definition) is 8. The van der Waals surface area contributed by atoms with E-state index in [2.05, 4.69) is 30.6 Å². The average molecular weight is 483 g/mol. The molecule has 1 aromatic heterocycles. The third kappa shape index (κ3) is 7.09. The highest BCUT2D eigenvalue weighted by Gasteiger charge is 2.32. The first-order valence-electron chi connectivity index (χ1n) is 10.9. The zero-order chi connectivity index (χ0) is 25.1. The number of rotatable bonds is 5. The average Bonchev–Trinajstić information content (AvgIpc) is 2.68. The number of nitrogens with zero attached hydrogens (tertiary/aromatic N) is 3. The fraction of sp³-hybridized carbons (Fsp3) is 0.545. The summed E-state index contributed by atoms with van der Waals surface area (Å²) in [4.78, 5) is 16.6. The number of phenolic OH excluding ortho intramolecular Hbond substituents is 1. The van der Waals surface area contributed by atoms with Gasteiger partial charge < -0.3 is 25.2 Å². The quantitative estimate of drug-likeness (QED) is 0.560. The molecule has 0 radical (unpaired) electrons. The van der Waals surface area contributed by atoms with Crippen LogP contribution in [-0.4, -0.2) is 50.4 Å². The largest absolute Gasteiger partial charge is 0.573 e. The van der Waals surface area contributed by atoms with Crippen molar-refractivity contribution < 1.29 is 32.5 Å². The van der Waals surface area contributed by atoms with Crippen molar-refractivity contribution in [1.29, 1.82) is 0 Å². The van der Waals surface area contributed by atoms with Gasteiger partial charge in [-0.15, -0.1) is 23.4 Å². The Hall–Kier alpha value is -3.31. The molecule has 0 bridgehead atoms. The normalized spacial score (nSPS) is 18.8. The summed E-state index contributed by atoms with van der Waals surface area (Å²) in [5.41, 5.74) is 0.184. The molecule has 0 aliphatic heterocycles. The molecule has 1 aliphatic carbocycles. The maximum atomic E-state index is 12.4. The maximum Gasteiger partial charge on any atom is 0.573 e. The third-order valence-corrected chi connectivity index (χ3v) is 5.10. The van der Waals surface area contributed by atoms with Gasteiger partial charge in [0.15, 0.2) is 0 Å². The molecule has 12 heteroatoms. The first kappa shape index (κ1) is 25.3. The Morgan fingerprint density at radius 2 is 1.79 bits per heavy atom. The van der Waals surface area contributed by atoms with Crippen LogP contribution in [0.2, 0.25) is 0 Å². The molecule has 1 heterocycles. The van der Waals surface area contributed by atoms with Gasteiger partial charge in [-0.25, -0.2) is 9.78 Å². The number of alkyl halides is 3. The SMILES string of the molecule is Cc1nc(N[C@@H]2CCCC[C@H]2NC(=O)OC(C)(C)C)nnc1-c1ccc(OC(F)(F)F)cc1O. The Bertz CT molecular complexity index is 1030. The van der Waals surface area contributed by atoms with Gasteiger partial charge in [-0.3, -0.25) is 0 Å². The van der Waals surface area contributed by atoms with E-state index in [0.717, 1.165) is 37.8 Å². The number of halogens is 3. The third-order valence-electron chi connectivity index (χ3n) is 5.10. The van der Waals surface area contributed by atoms with E-state index in [4.69, 9.17) is 4.74 Å². The first-order chi connectivity index (χ1) is 15.8. The number of carbonyl (C=O) groups excluding carboxylic acids is 1. The molecular weight excluding hydrogens is 455 g/mol. The van der Waals surface area contributed by atoms with Gasteiger partial charge in [-0.1, -0.05) is 12.8 Å². The number of alkyl carbamates (subject to hydrolysis) is 1. The van der Waals surface area contributed by atoms with Crippen LogP contribution in [0, 0.1) is 6.92 Å². The van der Waals surface area contributed by atoms with Crippen molar-refractivity contribution in [2.75, 3.05) is 5.32 Å². The molecule has 1 saturated carbocycles. The van der Waals surface area contributed by atoms with Gasteiger partial charge >= 0.3 is 12.5 Å². The van der Waals surface area contributed by atoms with E-state index in [9.17, 15) is 23.1 Å². The van der Waals surface area contributed by atoms with Crippen LogP contribution in [0.25, 0.3) is 11.3 Å². The maximum absolute atomic E-state index is 12.4. The Kier molecular flexibility index (Phi) is 7.37. The highest BCUT2D eigenvalue weighted by molar-refractivity contribution is 5.70. The molecule has 0 spiro atoms. The van der Waals surface area contributed by atoms with Gasteiger partial charge in [-0.2, -0.15) is 0 Å². The summed E-state index contributed by atoms with van der Waals surface area (Å²) >= 11 is 0. The van der Waals surface area contributed by atoms with Crippen molar-refractivity contribution in [2.24, 2.45) is 0 Å². The van der Waals surface area contributed by atoms with Crippen LogP contribution < -0.4 is 15.4 Å². The first-order valence-corrected chi connectivity index (χ1v) is 10.9. The van der Waals surface area contributed by atoms with E-state index in [1.54, 1.807) is 27.7 Å². The van der Waals surface area contributed by atoms with Crippen molar-refractivity contribution in [3.8, 4) is 22.8 Å². The minimum absolute atomic E-state index is 0.138. The fourth-order valence-electron chi connectivity index (χ4n) is 3.72. The highest BCUT2D eigenvalue weighted by atomic mass is 19.4. The highest BCUT2D eigenvalue weighted by Crippen LogP contribution is 2.34. The number of aromatic nitrogens is 3. The van der Waals surface area contributed by atoms with Crippen LogP contribution in [0.5, 0.6) is 11.5 Å². The zero-order valence-corrected chi connectivity index (χ0v) is 19.4. The van der Waals surface area contributed by atoms with Crippen molar-refractivity contribution >= 4 is 12.0 Å². The molecule has 1 aliphatic rings. The second-order valence-corrected chi connectivity index (χ2v) is 9.08. The standard InChI is InChI=1S/C22H28F3N5O4/c1-12-18(14-10-9-13(11-17(14)31)33-22(23,24)25)29-30-19(26-12)27-15-7-5-6-8-16(15)28-20(32)34-21(2,3)4/h9-11,15-16,31H,5-8H2,1-4H3,(H,28,32)(H,26,27,30)/t15-,16-/m1/s1. The van der Waals surface area contributed by atoms with Crippen LogP contribution in [0.15, 0.2) is 18.2 Å². The van der Waals surface area contributed by atoms with Crippen LogP contribution in [0.1, 0.15) is 52.1 Å². The second-order valence-electron chi connectivity index (χ2n) is 9.08. The lowest BCUT2D eigenvalue weighted by Gasteiger charge is -2.33.